The molecule has 136 valence electrons. The second-order valence-electron chi connectivity index (χ2n) is 6.79. The number of nitrogens with one attached hydrogen (secondary N) is 2. The van der Waals surface area contributed by atoms with Gasteiger partial charge in [-0.15, -0.1) is 0 Å². The lowest BCUT2D eigenvalue weighted by Crippen LogP contribution is -2.17. The maximum Gasteiger partial charge on any atom is 0.274 e. The molecule has 4 aromatic rings. The van der Waals surface area contributed by atoms with Gasteiger partial charge in [0, 0.05) is 17.3 Å². The lowest BCUT2D eigenvalue weighted by atomic mass is 10.0. The Morgan fingerprint density at radius 3 is 2.48 bits per heavy atom. The van der Waals surface area contributed by atoms with Crippen LogP contribution in [0.3, 0.4) is 0 Å². The van der Waals surface area contributed by atoms with Crippen molar-refractivity contribution in [3.05, 3.63) is 82.3 Å². The third-order valence-electron chi connectivity index (χ3n) is 4.48. The number of rotatable bonds is 5. The van der Waals surface area contributed by atoms with E-state index in [1.807, 2.05) is 42.5 Å². The van der Waals surface area contributed by atoms with E-state index in [0.29, 0.717) is 29.8 Å². The molecule has 0 aliphatic heterocycles. The molecule has 2 aromatic heterocycles. The molecule has 0 aliphatic carbocycles. The van der Waals surface area contributed by atoms with Gasteiger partial charge in [-0.2, -0.15) is 9.50 Å². The highest BCUT2D eigenvalue weighted by Crippen LogP contribution is 2.18. The normalized spacial score (nSPS) is 11.2. The predicted molar refractivity (Wildman–Crippen MR) is 107 cm³/mol. The van der Waals surface area contributed by atoms with E-state index >= 15 is 0 Å². The van der Waals surface area contributed by atoms with E-state index in [1.165, 1.54) is 16.1 Å². The molecular weight excluding hydrogens is 338 g/mol. The maximum atomic E-state index is 12.4. The number of anilines is 1. The van der Waals surface area contributed by atoms with Crippen LogP contribution in [0, 0.1) is 0 Å². The first kappa shape index (κ1) is 17.0. The van der Waals surface area contributed by atoms with Crippen molar-refractivity contribution in [2.75, 3.05) is 5.32 Å². The van der Waals surface area contributed by atoms with E-state index in [1.54, 1.807) is 0 Å². The molecule has 4 rings (SSSR count). The Morgan fingerprint density at radius 1 is 1.04 bits per heavy atom. The second kappa shape index (κ2) is 7.07. The molecule has 0 spiro atoms. The number of nitrogens with zero attached hydrogens (tertiary/aromatic N) is 3. The molecular formula is C21H21N5O. The van der Waals surface area contributed by atoms with E-state index in [9.17, 15) is 4.79 Å². The Hall–Kier alpha value is -3.41. The summed E-state index contributed by atoms with van der Waals surface area (Å²) in [5.41, 5.74) is 3.67. The van der Waals surface area contributed by atoms with Crippen molar-refractivity contribution in [3.63, 3.8) is 0 Å². The lowest BCUT2D eigenvalue weighted by molar-refractivity contribution is 0.866. The maximum absolute atomic E-state index is 12.4. The summed E-state index contributed by atoms with van der Waals surface area (Å²) in [7, 11) is 0. The average molecular weight is 359 g/mol. The number of fused-ring (bicyclic) bond motifs is 1. The number of hydrogen-bond donors (Lipinski definition) is 2. The summed E-state index contributed by atoms with van der Waals surface area (Å²) in [6.07, 6.45) is 0. The van der Waals surface area contributed by atoms with Crippen LogP contribution >= 0.6 is 0 Å². The Morgan fingerprint density at radius 2 is 1.78 bits per heavy atom. The zero-order valence-electron chi connectivity index (χ0n) is 15.3. The number of hydrogen-bond acceptors (Lipinski definition) is 4. The van der Waals surface area contributed by atoms with Crippen LogP contribution in [0.15, 0.2) is 65.5 Å². The predicted octanol–water partition coefficient (Wildman–Crippen LogP) is 3.82. The smallest absolute Gasteiger partial charge is 0.274 e. The molecule has 2 heterocycles. The lowest BCUT2D eigenvalue weighted by Gasteiger charge is -2.09. The van der Waals surface area contributed by atoms with Crippen LogP contribution in [0.5, 0.6) is 0 Å². The van der Waals surface area contributed by atoms with Gasteiger partial charge in [0.1, 0.15) is 0 Å². The molecule has 0 fully saturated rings. The summed E-state index contributed by atoms with van der Waals surface area (Å²) in [5, 5.41) is 6.32. The first-order valence-corrected chi connectivity index (χ1v) is 8.98. The van der Waals surface area contributed by atoms with Crippen molar-refractivity contribution < 1.29 is 0 Å². The van der Waals surface area contributed by atoms with E-state index in [2.05, 4.69) is 46.4 Å². The molecule has 27 heavy (non-hydrogen) atoms. The largest absolute Gasteiger partial charge is 0.379 e. The first-order chi connectivity index (χ1) is 13.1. The van der Waals surface area contributed by atoms with Gasteiger partial charge in [-0.05, 0) is 23.6 Å². The van der Waals surface area contributed by atoms with Crippen LogP contribution in [0.1, 0.15) is 31.0 Å². The Bertz CT molecular complexity index is 1110. The Balaban J connectivity index is 1.56. The molecule has 0 aliphatic rings. The highest BCUT2D eigenvalue weighted by atomic mass is 16.1. The molecule has 6 nitrogen and oxygen atoms in total. The van der Waals surface area contributed by atoms with Gasteiger partial charge < -0.3 is 5.32 Å². The minimum atomic E-state index is -0.179. The van der Waals surface area contributed by atoms with Crippen molar-refractivity contribution in [1.29, 1.82) is 0 Å². The van der Waals surface area contributed by atoms with Crippen LogP contribution in [-0.4, -0.2) is 19.6 Å². The quantitative estimate of drug-likeness (QED) is 0.568. The minimum Gasteiger partial charge on any atom is -0.379 e. The van der Waals surface area contributed by atoms with Crippen molar-refractivity contribution in [2.24, 2.45) is 0 Å². The fourth-order valence-corrected chi connectivity index (χ4v) is 2.92. The molecule has 0 amide bonds. The van der Waals surface area contributed by atoms with E-state index in [4.69, 9.17) is 0 Å². The molecule has 0 unspecified atom stereocenters. The summed E-state index contributed by atoms with van der Waals surface area (Å²) >= 11 is 0. The Kier molecular flexibility index (Phi) is 4.46. The van der Waals surface area contributed by atoms with Crippen molar-refractivity contribution in [1.82, 2.24) is 19.6 Å². The van der Waals surface area contributed by atoms with Gasteiger partial charge in [0.25, 0.3) is 11.3 Å². The molecule has 2 N–H and O–H groups in total. The molecule has 0 saturated heterocycles. The zero-order valence-corrected chi connectivity index (χ0v) is 15.3. The fourth-order valence-electron chi connectivity index (χ4n) is 2.92. The van der Waals surface area contributed by atoms with Crippen LogP contribution in [0.25, 0.3) is 17.2 Å². The van der Waals surface area contributed by atoms with Crippen LogP contribution in [0.4, 0.5) is 5.69 Å². The summed E-state index contributed by atoms with van der Waals surface area (Å²) in [6.45, 7) is 4.80. The van der Waals surface area contributed by atoms with Crippen molar-refractivity contribution in [2.45, 2.75) is 26.3 Å². The summed E-state index contributed by atoms with van der Waals surface area (Å²) in [4.78, 5) is 21.4. The number of aromatic amines is 1. The summed E-state index contributed by atoms with van der Waals surface area (Å²) in [5.74, 6) is 1.49. The average Bonchev–Trinajstić information content (AvgIpc) is 3.12. The molecule has 0 atom stereocenters. The Labute approximate surface area is 156 Å². The van der Waals surface area contributed by atoms with Gasteiger partial charge in [0.05, 0.1) is 12.2 Å². The minimum absolute atomic E-state index is 0.179. The third-order valence-corrected chi connectivity index (χ3v) is 4.48. The van der Waals surface area contributed by atoms with Crippen LogP contribution in [-0.2, 0) is 6.54 Å². The molecule has 0 bridgehead atoms. The van der Waals surface area contributed by atoms with Gasteiger partial charge in [-0.25, -0.2) is 4.98 Å². The molecule has 0 radical (unpaired) electrons. The second-order valence-corrected chi connectivity index (χ2v) is 6.79. The van der Waals surface area contributed by atoms with E-state index in [-0.39, 0.29) is 5.56 Å². The third kappa shape index (κ3) is 3.60. The van der Waals surface area contributed by atoms with E-state index in [0.717, 1.165) is 11.3 Å². The van der Waals surface area contributed by atoms with Crippen LogP contribution < -0.4 is 10.9 Å². The topological polar surface area (TPSA) is 75.1 Å². The van der Waals surface area contributed by atoms with Gasteiger partial charge in [-0.1, -0.05) is 56.3 Å². The number of aromatic nitrogens is 4. The SMILES string of the molecule is CC(C)c1ccc(NCc2cc(=O)n3[nH]c(-c4ccccc4)nc3n2)cc1. The van der Waals surface area contributed by atoms with Crippen molar-refractivity contribution >= 4 is 11.5 Å². The molecule has 2 aromatic carbocycles. The summed E-state index contributed by atoms with van der Waals surface area (Å²) in [6, 6.07) is 19.5. The standard InChI is InChI=1S/C21H21N5O/c1-14(2)15-8-10-17(11-9-15)22-13-18-12-19(27)26-21(23-18)24-20(25-26)16-6-4-3-5-7-16/h3-12,14,22H,13H2,1-2H3,(H,23,24,25). The summed E-state index contributed by atoms with van der Waals surface area (Å²) < 4.78 is 1.36. The highest BCUT2D eigenvalue weighted by Gasteiger charge is 2.09. The highest BCUT2D eigenvalue weighted by molar-refractivity contribution is 5.56. The van der Waals surface area contributed by atoms with Gasteiger partial charge in [0.15, 0.2) is 5.82 Å². The van der Waals surface area contributed by atoms with Gasteiger partial charge >= 0.3 is 0 Å². The van der Waals surface area contributed by atoms with Gasteiger partial charge in [0.2, 0.25) is 0 Å². The molecule has 0 saturated carbocycles. The molecule has 6 heteroatoms. The van der Waals surface area contributed by atoms with E-state index < -0.39 is 0 Å². The monoisotopic (exact) mass is 359 g/mol. The zero-order chi connectivity index (χ0) is 18.8. The number of H-pyrrole nitrogens is 1. The van der Waals surface area contributed by atoms with Crippen LogP contribution in [0.2, 0.25) is 0 Å². The number of benzene rings is 2. The first-order valence-electron chi connectivity index (χ1n) is 8.98. The van der Waals surface area contributed by atoms with Gasteiger partial charge in [-0.3, -0.25) is 9.89 Å². The fraction of sp³-hybridized carbons (Fsp3) is 0.190. The van der Waals surface area contributed by atoms with Crippen molar-refractivity contribution in [3.8, 4) is 11.4 Å².